The first kappa shape index (κ1) is 16.7. The van der Waals surface area contributed by atoms with E-state index in [2.05, 4.69) is 15.9 Å². The van der Waals surface area contributed by atoms with Crippen LogP contribution in [-0.2, 0) is 10.0 Å². The van der Waals surface area contributed by atoms with Gasteiger partial charge in [0.2, 0.25) is 10.0 Å². The molecule has 1 atom stereocenters. The van der Waals surface area contributed by atoms with E-state index in [-0.39, 0.29) is 16.6 Å². The largest absolute Gasteiger partial charge is 0.398 e. The first-order valence-corrected chi connectivity index (χ1v) is 9.37. The van der Waals surface area contributed by atoms with Crippen molar-refractivity contribution in [3.63, 3.8) is 0 Å². The van der Waals surface area contributed by atoms with Gasteiger partial charge in [-0.05, 0) is 47.3 Å². The van der Waals surface area contributed by atoms with E-state index in [4.69, 9.17) is 5.73 Å². The van der Waals surface area contributed by atoms with Crippen molar-refractivity contribution in [3.8, 4) is 0 Å². The molecule has 1 aliphatic rings. The number of nitrogens with two attached hydrogens (primary N) is 1. The number of hydrogen-bond donors (Lipinski definition) is 1. The Balaban J connectivity index is 2.43. The van der Waals surface area contributed by atoms with Crippen LogP contribution in [0.1, 0.15) is 39.0 Å². The van der Waals surface area contributed by atoms with Crippen LogP contribution in [0.15, 0.2) is 21.5 Å². The van der Waals surface area contributed by atoms with Gasteiger partial charge >= 0.3 is 0 Å². The smallest absolute Gasteiger partial charge is 0.246 e. The second kappa shape index (κ2) is 6.62. The minimum absolute atomic E-state index is 0.0435. The molecule has 1 aromatic carbocycles. The Labute approximate surface area is 133 Å². The summed E-state index contributed by atoms with van der Waals surface area (Å²) < 4.78 is 41.5. The molecule has 1 heterocycles. The molecular weight excluding hydrogens is 359 g/mol. The highest BCUT2D eigenvalue weighted by molar-refractivity contribution is 9.10. The van der Waals surface area contributed by atoms with E-state index in [1.54, 1.807) is 0 Å². The SMILES string of the molecule is CCCC1CCCCN1S(=O)(=O)c1cc(N)c(Br)cc1F. The topological polar surface area (TPSA) is 63.4 Å². The zero-order valence-electron chi connectivity index (χ0n) is 12.0. The van der Waals surface area contributed by atoms with Crippen LogP contribution < -0.4 is 5.73 Å². The van der Waals surface area contributed by atoms with Crippen LogP contribution in [0.2, 0.25) is 0 Å². The van der Waals surface area contributed by atoms with E-state index < -0.39 is 15.8 Å². The normalized spacial score (nSPS) is 20.6. The molecule has 0 aliphatic carbocycles. The maximum Gasteiger partial charge on any atom is 0.246 e. The molecule has 0 saturated carbocycles. The summed E-state index contributed by atoms with van der Waals surface area (Å²) >= 11 is 3.11. The summed E-state index contributed by atoms with van der Waals surface area (Å²) in [6, 6.07) is 2.27. The van der Waals surface area contributed by atoms with Gasteiger partial charge in [0, 0.05) is 22.7 Å². The number of nitrogens with zero attached hydrogens (tertiary/aromatic N) is 1. The molecule has 1 aliphatic heterocycles. The molecule has 1 fully saturated rings. The van der Waals surface area contributed by atoms with Crippen molar-refractivity contribution in [3.05, 3.63) is 22.4 Å². The lowest BCUT2D eigenvalue weighted by atomic mass is 10.0. The second-order valence-corrected chi connectivity index (χ2v) is 8.07. The van der Waals surface area contributed by atoms with E-state index in [1.165, 1.54) is 10.4 Å². The number of halogens is 2. The van der Waals surface area contributed by atoms with Crippen molar-refractivity contribution >= 4 is 31.6 Å². The average Bonchev–Trinajstić information content (AvgIpc) is 2.43. The van der Waals surface area contributed by atoms with E-state index in [1.807, 2.05) is 6.92 Å². The zero-order valence-corrected chi connectivity index (χ0v) is 14.4. The molecule has 0 spiro atoms. The number of piperidine rings is 1. The Morgan fingerprint density at radius 3 is 2.81 bits per heavy atom. The first-order chi connectivity index (χ1) is 9.87. The Morgan fingerprint density at radius 2 is 2.14 bits per heavy atom. The predicted octanol–water partition coefficient (Wildman–Crippen LogP) is 3.51. The van der Waals surface area contributed by atoms with Crippen molar-refractivity contribution in [2.45, 2.75) is 50.0 Å². The molecule has 0 bridgehead atoms. The van der Waals surface area contributed by atoms with Crippen molar-refractivity contribution in [2.24, 2.45) is 0 Å². The predicted molar refractivity (Wildman–Crippen MR) is 85.0 cm³/mol. The summed E-state index contributed by atoms with van der Waals surface area (Å²) in [6.45, 7) is 2.47. The van der Waals surface area contributed by atoms with Gasteiger partial charge in [-0.1, -0.05) is 19.8 Å². The van der Waals surface area contributed by atoms with Gasteiger partial charge in [-0.3, -0.25) is 0 Å². The number of sulfonamides is 1. The molecule has 7 heteroatoms. The van der Waals surface area contributed by atoms with Crippen molar-refractivity contribution in [1.82, 2.24) is 4.31 Å². The molecule has 0 radical (unpaired) electrons. The van der Waals surface area contributed by atoms with E-state index in [0.29, 0.717) is 11.0 Å². The maximum absolute atomic E-state index is 14.1. The first-order valence-electron chi connectivity index (χ1n) is 7.14. The quantitative estimate of drug-likeness (QED) is 0.815. The van der Waals surface area contributed by atoms with E-state index in [9.17, 15) is 12.8 Å². The highest BCUT2D eigenvalue weighted by Gasteiger charge is 2.34. The summed E-state index contributed by atoms with van der Waals surface area (Å²) in [5.41, 5.74) is 5.93. The molecule has 0 aromatic heterocycles. The molecule has 1 unspecified atom stereocenters. The molecule has 2 rings (SSSR count). The fourth-order valence-corrected chi connectivity index (χ4v) is 4.90. The average molecular weight is 379 g/mol. The molecule has 1 aromatic rings. The van der Waals surface area contributed by atoms with Gasteiger partial charge in [0.1, 0.15) is 10.7 Å². The number of benzene rings is 1. The molecule has 0 amide bonds. The monoisotopic (exact) mass is 378 g/mol. The molecule has 4 nitrogen and oxygen atoms in total. The Kier molecular flexibility index (Phi) is 5.27. The number of rotatable bonds is 4. The highest BCUT2D eigenvalue weighted by Crippen LogP contribution is 2.32. The number of anilines is 1. The van der Waals surface area contributed by atoms with Gasteiger partial charge < -0.3 is 5.73 Å². The molecular formula is C14H20BrFN2O2S. The summed E-state index contributed by atoms with van der Waals surface area (Å²) in [4.78, 5) is -0.328. The Morgan fingerprint density at radius 1 is 1.43 bits per heavy atom. The highest BCUT2D eigenvalue weighted by atomic mass is 79.9. The third-order valence-electron chi connectivity index (χ3n) is 3.83. The van der Waals surface area contributed by atoms with Crippen LogP contribution in [0.5, 0.6) is 0 Å². The minimum atomic E-state index is -3.85. The lowest BCUT2D eigenvalue weighted by molar-refractivity contribution is 0.239. The summed E-state index contributed by atoms with van der Waals surface area (Å²) in [6.07, 6.45) is 4.37. The zero-order chi connectivity index (χ0) is 15.6. The summed E-state index contributed by atoms with van der Waals surface area (Å²) in [7, 11) is -3.85. The van der Waals surface area contributed by atoms with E-state index in [0.717, 1.165) is 38.2 Å². The van der Waals surface area contributed by atoms with Crippen LogP contribution >= 0.6 is 15.9 Å². The summed E-state index contributed by atoms with van der Waals surface area (Å²) in [5, 5.41) is 0. The lowest BCUT2D eigenvalue weighted by Crippen LogP contribution is -2.43. The molecule has 118 valence electrons. The van der Waals surface area contributed by atoms with Gasteiger partial charge in [-0.2, -0.15) is 4.31 Å². The van der Waals surface area contributed by atoms with Crippen molar-refractivity contribution < 1.29 is 12.8 Å². The third-order valence-corrected chi connectivity index (χ3v) is 6.49. The van der Waals surface area contributed by atoms with Crippen LogP contribution in [0, 0.1) is 5.82 Å². The maximum atomic E-state index is 14.1. The van der Waals surface area contributed by atoms with Crippen LogP contribution in [-0.4, -0.2) is 25.3 Å². The van der Waals surface area contributed by atoms with Gasteiger partial charge in [-0.25, -0.2) is 12.8 Å². The molecule has 21 heavy (non-hydrogen) atoms. The van der Waals surface area contributed by atoms with Crippen LogP contribution in [0.4, 0.5) is 10.1 Å². The molecule has 1 saturated heterocycles. The number of hydrogen-bond acceptors (Lipinski definition) is 3. The lowest BCUT2D eigenvalue weighted by Gasteiger charge is -2.34. The van der Waals surface area contributed by atoms with Gasteiger partial charge in [0.15, 0.2) is 0 Å². The Bertz CT molecular complexity index is 620. The van der Waals surface area contributed by atoms with Gasteiger partial charge in [-0.15, -0.1) is 0 Å². The van der Waals surface area contributed by atoms with Crippen molar-refractivity contribution in [2.75, 3.05) is 12.3 Å². The Hall–Kier alpha value is -0.660. The van der Waals surface area contributed by atoms with Gasteiger partial charge in [0.25, 0.3) is 0 Å². The van der Waals surface area contributed by atoms with Crippen LogP contribution in [0.25, 0.3) is 0 Å². The summed E-state index contributed by atoms with van der Waals surface area (Å²) in [5.74, 6) is -0.767. The van der Waals surface area contributed by atoms with E-state index >= 15 is 0 Å². The fourth-order valence-electron chi connectivity index (χ4n) is 2.78. The third kappa shape index (κ3) is 3.40. The van der Waals surface area contributed by atoms with Crippen LogP contribution in [0.3, 0.4) is 0 Å². The molecule has 2 N–H and O–H groups in total. The minimum Gasteiger partial charge on any atom is -0.398 e. The standard InChI is InChI=1S/C14H20BrFN2O2S/c1-2-5-10-6-3-4-7-18(10)21(19,20)14-9-13(17)11(15)8-12(14)16/h8-10H,2-7,17H2,1H3. The fraction of sp³-hybridized carbons (Fsp3) is 0.571. The second-order valence-electron chi connectivity index (χ2n) is 5.36. The van der Waals surface area contributed by atoms with Gasteiger partial charge in [0.05, 0.1) is 0 Å². The van der Waals surface area contributed by atoms with Crippen molar-refractivity contribution in [1.29, 1.82) is 0 Å². The number of nitrogen functional groups attached to an aromatic ring is 1.